The summed E-state index contributed by atoms with van der Waals surface area (Å²) in [6, 6.07) is 0. The average Bonchev–Trinajstić information content (AvgIpc) is 2.62. The van der Waals surface area contributed by atoms with Crippen LogP contribution in [0.25, 0.3) is 0 Å². The van der Waals surface area contributed by atoms with Crippen molar-refractivity contribution in [3.05, 3.63) is 5.01 Å². The number of nitrogens with zero attached hydrogens (tertiary/aromatic N) is 2. The molecule has 0 radical (unpaired) electrons. The summed E-state index contributed by atoms with van der Waals surface area (Å²) in [6.07, 6.45) is -4.32. The van der Waals surface area contributed by atoms with Gasteiger partial charge in [-0.3, -0.25) is 4.79 Å². The lowest BCUT2D eigenvalue weighted by molar-refractivity contribution is -0.138. The lowest BCUT2D eigenvalue weighted by atomic mass is 9.99. The predicted molar refractivity (Wildman–Crippen MR) is 59.5 cm³/mol. The number of nitrogens with one attached hydrogen (secondary N) is 1. The molecule has 1 heterocycles. The van der Waals surface area contributed by atoms with E-state index in [2.05, 4.69) is 15.5 Å². The molecule has 0 atom stereocenters. The van der Waals surface area contributed by atoms with E-state index in [-0.39, 0.29) is 18.0 Å². The second-order valence-electron chi connectivity index (χ2n) is 4.31. The number of hydrogen-bond acceptors (Lipinski definition) is 5. The first kappa shape index (κ1) is 14.7. The predicted octanol–water partition coefficient (Wildman–Crippen LogP) is 2.61. The second kappa shape index (κ2) is 5.09. The molecule has 0 saturated heterocycles. The van der Waals surface area contributed by atoms with E-state index in [1.165, 1.54) is 0 Å². The molecule has 0 fully saturated rings. The Kier molecular flexibility index (Phi) is 4.15. The first-order chi connectivity index (χ1) is 8.10. The first-order valence-corrected chi connectivity index (χ1v) is 5.82. The smallest absolute Gasteiger partial charge is 0.445 e. The summed E-state index contributed by atoms with van der Waals surface area (Å²) in [5.41, 5.74) is -0.666. The van der Waals surface area contributed by atoms with E-state index in [1.807, 2.05) is 0 Å². The van der Waals surface area contributed by atoms with Crippen molar-refractivity contribution in [2.24, 2.45) is 0 Å². The molecule has 5 nitrogen and oxygen atoms in total. The van der Waals surface area contributed by atoms with Crippen LogP contribution in [0.2, 0.25) is 0 Å². The molecule has 102 valence electrons. The third-order valence-corrected chi connectivity index (χ3v) is 2.96. The molecule has 1 aromatic rings. The van der Waals surface area contributed by atoms with Gasteiger partial charge in [0.1, 0.15) is 0 Å². The van der Waals surface area contributed by atoms with Gasteiger partial charge in [0.05, 0.1) is 0 Å². The standard InChI is InChI=1S/C9H12F3N3O2S/c1-8(2,4-3-5(16)17)13-7-15-14-6(18-7)9(10,11)12/h3-4H2,1-2H3,(H,13,15)(H,16,17). The topological polar surface area (TPSA) is 75.1 Å². The summed E-state index contributed by atoms with van der Waals surface area (Å²) in [6.45, 7) is 3.37. The Morgan fingerprint density at radius 3 is 2.44 bits per heavy atom. The van der Waals surface area contributed by atoms with Crippen LogP contribution >= 0.6 is 11.3 Å². The molecule has 9 heteroatoms. The zero-order valence-electron chi connectivity index (χ0n) is 9.71. The number of anilines is 1. The fourth-order valence-electron chi connectivity index (χ4n) is 1.16. The lowest BCUT2D eigenvalue weighted by Crippen LogP contribution is -2.31. The van der Waals surface area contributed by atoms with Gasteiger partial charge >= 0.3 is 12.1 Å². The number of aliphatic carboxylic acids is 1. The maximum atomic E-state index is 12.3. The molecule has 0 aliphatic rings. The molecule has 0 aromatic carbocycles. The number of halogens is 3. The monoisotopic (exact) mass is 283 g/mol. The Balaban J connectivity index is 2.66. The molecule has 0 unspecified atom stereocenters. The number of carboxylic acid groups (broad SMARTS) is 1. The first-order valence-electron chi connectivity index (χ1n) is 5.01. The maximum absolute atomic E-state index is 12.3. The van der Waals surface area contributed by atoms with E-state index in [9.17, 15) is 18.0 Å². The molecular weight excluding hydrogens is 271 g/mol. The van der Waals surface area contributed by atoms with Crippen LogP contribution in [0, 0.1) is 0 Å². The highest BCUT2D eigenvalue weighted by molar-refractivity contribution is 7.15. The summed E-state index contributed by atoms with van der Waals surface area (Å²) in [7, 11) is 0. The second-order valence-corrected chi connectivity index (χ2v) is 5.29. The van der Waals surface area contributed by atoms with E-state index in [0.29, 0.717) is 11.3 Å². The fourth-order valence-corrected chi connectivity index (χ4v) is 1.95. The average molecular weight is 283 g/mol. The Labute approximate surface area is 105 Å². The van der Waals surface area contributed by atoms with Crippen LogP contribution in [0.3, 0.4) is 0 Å². The van der Waals surface area contributed by atoms with E-state index < -0.39 is 22.7 Å². The van der Waals surface area contributed by atoms with Gasteiger partial charge in [-0.1, -0.05) is 11.3 Å². The lowest BCUT2D eigenvalue weighted by Gasteiger charge is -2.24. The third kappa shape index (κ3) is 4.47. The third-order valence-electron chi connectivity index (χ3n) is 2.08. The van der Waals surface area contributed by atoms with Crippen LogP contribution < -0.4 is 5.32 Å². The van der Waals surface area contributed by atoms with Gasteiger partial charge in [-0.15, -0.1) is 10.2 Å². The van der Waals surface area contributed by atoms with Gasteiger partial charge in [-0.2, -0.15) is 13.2 Å². The molecular formula is C9H12F3N3O2S. The maximum Gasteiger partial charge on any atom is 0.445 e. The molecule has 1 aromatic heterocycles. The molecule has 0 aliphatic heterocycles. The van der Waals surface area contributed by atoms with Gasteiger partial charge in [0.2, 0.25) is 10.1 Å². The highest BCUT2D eigenvalue weighted by Gasteiger charge is 2.36. The zero-order valence-corrected chi connectivity index (χ0v) is 10.5. The van der Waals surface area contributed by atoms with Crippen molar-refractivity contribution in [3.8, 4) is 0 Å². The number of carboxylic acids is 1. The molecule has 1 rings (SSSR count). The van der Waals surface area contributed by atoms with Gasteiger partial charge in [0.25, 0.3) is 0 Å². The normalized spacial score (nSPS) is 12.5. The zero-order chi connectivity index (χ0) is 14.0. The van der Waals surface area contributed by atoms with Crippen LogP contribution in [0.15, 0.2) is 0 Å². The summed E-state index contributed by atoms with van der Waals surface area (Å²) in [4.78, 5) is 10.4. The van der Waals surface area contributed by atoms with Crippen molar-refractivity contribution >= 4 is 22.4 Å². The Hall–Kier alpha value is -1.38. The summed E-state index contributed by atoms with van der Waals surface area (Å²) >= 11 is 0.395. The number of aromatic nitrogens is 2. The van der Waals surface area contributed by atoms with Crippen LogP contribution in [0.1, 0.15) is 31.7 Å². The fraction of sp³-hybridized carbons (Fsp3) is 0.667. The van der Waals surface area contributed by atoms with Gasteiger partial charge in [-0.25, -0.2) is 0 Å². The minimum Gasteiger partial charge on any atom is -0.481 e. The van der Waals surface area contributed by atoms with Crippen molar-refractivity contribution in [2.45, 2.75) is 38.4 Å². The summed E-state index contributed by atoms with van der Waals surface area (Å²) < 4.78 is 36.9. The molecule has 0 amide bonds. The van der Waals surface area contributed by atoms with Crippen molar-refractivity contribution in [1.82, 2.24) is 10.2 Å². The van der Waals surface area contributed by atoms with Crippen molar-refractivity contribution in [2.75, 3.05) is 5.32 Å². The molecule has 2 N–H and O–H groups in total. The quantitative estimate of drug-likeness (QED) is 0.868. The van der Waals surface area contributed by atoms with Gasteiger partial charge < -0.3 is 10.4 Å². The molecule has 18 heavy (non-hydrogen) atoms. The SMILES string of the molecule is CC(C)(CCC(=O)O)Nc1nnc(C(F)(F)F)s1. The number of carbonyl (C=O) groups is 1. The van der Waals surface area contributed by atoms with E-state index in [1.54, 1.807) is 13.8 Å². The molecule has 0 saturated carbocycles. The number of rotatable bonds is 5. The number of alkyl halides is 3. The highest BCUT2D eigenvalue weighted by atomic mass is 32.1. The van der Waals surface area contributed by atoms with Gasteiger partial charge in [-0.05, 0) is 20.3 Å². The Morgan fingerprint density at radius 1 is 1.39 bits per heavy atom. The number of hydrogen-bond donors (Lipinski definition) is 2. The summed E-state index contributed by atoms with van der Waals surface area (Å²) in [5, 5.41) is 16.7. The largest absolute Gasteiger partial charge is 0.481 e. The molecule has 0 bridgehead atoms. The van der Waals surface area contributed by atoms with Crippen molar-refractivity contribution in [3.63, 3.8) is 0 Å². The van der Waals surface area contributed by atoms with Crippen molar-refractivity contribution < 1.29 is 23.1 Å². The van der Waals surface area contributed by atoms with E-state index >= 15 is 0 Å². The molecule has 0 aliphatic carbocycles. The van der Waals surface area contributed by atoms with Crippen LogP contribution in [-0.4, -0.2) is 26.8 Å². The minimum atomic E-state index is -4.51. The van der Waals surface area contributed by atoms with E-state index in [4.69, 9.17) is 5.11 Å². The highest BCUT2D eigenvalue weighted by Crippen LogP contribution is 2.34. The Morgan fingerprint density at radius 2 is 2.00 bits per heavy atom. The van der Waals surface area contributed by atoms with Gasteiger partial charge in [0.15, 0.2) is 0 Å². The van der Waals surface area contributed by atoms with Gasteiger partial charge in [0, 0.05) is 12.0 Å². The van der Waals surface area contributed by atoms with Crippen LogP contribution in [0.4, 0.5) is 18.3 Å². The Bertz CT molecular complexity index is 431. The van der Waals surface area contributed by atoms with Crippen molar-refractivity contribution in [1.29, 1.82) is 0 Å². The van der Waals surface area contributed by atoms with E-state index in [0.717, 1.165) is 0 Å². The summed E-state index contributed by atoms with van der Waals surface area (Å²) in [5.74, 6) is -0.960. The molecule has 0 spiro atoms. The minimum absolute atomic E-state index is 0.0257. The van der Waals surface area contributed by atoms with Crippen LogP contribution in [0.5, 0.6) is 0 Å². The van der Waals surface area contributed by atoms with Crippen LogP contribution in [-0.2, 0) is 11.0 Å².